The van der Waals surface area contributed by atoms with Gasteiger partial charge in [0.2, 0.25) is 0 Å². The highest BCUT2D eigenvalue weighted by atomic mass is 16.5. The van der Waals surface area contributed by atoms with Crippen molar-refractivity contribution < 1.29 is 19.0 Å². The van der Waals surface area contributed by atoms with Crippen LogP contribution in [0.15, 0.2) is 66.2 Å². The summed E-state index contributed by atoms with van der Waals surface area (Å²) in [5, 5.41) is 0. The molecular formula is C25H31NO4. The molecular weight excluding hydrogens is 378 g/mol. The number of rotatable bonds is 14. The molecule has 0 N–H and O–H groups in total. The van der Waals surface area contributed by atoms with Gasteiger partial charge in [0.25, 0.3) is 0 Å². The van der Waals surface area contributed by atoms with Crippen LogP contribution < -0.4 is 9.47 Å². The molecule has 0 saturated carbocycles. The lowest BCUT2D eigenvalue weighted by Crippen LogP contribution is -2.06. The number of benzene rings is 2. The van der Waals surface area contributed by atoms with E-state index < -0.39 is 5.97 Å². The van der Waals surface area contributed by atoms with Gasteiger partial charge in [0.15, 0.2) is 0 Å². The van der Waals surface area contributed by atoms with Crippen LogP contribution in [0.25, 0.3) is 0 Å². The van der Waals surface area contributed by atoms with Crippen LogP contribution in [0, 0.1) is 0 Å². The van der Waals surface area contributed by atoms with Crippen molar-refractivity contribution in [3.63, 3.8) is 0 Å². The van der Waals surface area contributed by atoms with Crippen LogP contribution in [0.3, 0.4) is 0 Å². The molecule has 5 heteroatoms. The Labute approximate surface area is 179 Å². The van der Waals surface area contributed by atoms with Gasteiger partial charge in [-0.3, -0.25) is 4.99 Å². The lowest BCUT2D eigenvalue weighted by Gasteiger charge is -2.06. The number of esters is 1. The Bertz CT molecular complexity index is 782. The summed E-state index contributed by atoms with van der Waals surface area (Å²) < 4.78 is 16.3. The van der Waals surface area contributed by atoms with Gasteiger partial charge in [-0.2, -0.15) is 0 Å². The minimum absolute atomic E-state index is 0.318. The fourth-order valence-corrected chi connectivity index (χ4v) is 2.63. The fraction of sp³-hybridized carbons (Fsp3) is 0.360. The van der Waals surface area contributed by atoms with E-state index in [1.165, 1.54) is 19.3 Å². The highest BCUT2D eigenvalue weighted by molar-refractivity contribution is 5.82. The molecule has 5 nitrogen and oxygen atoms in total. The van der Waals surface area contributed by atoms with Crippen molar-refractivity contribution in [2.24, 2.45) is 4.99 Å². The predicted octanol–water partition coefficient (Wildman–Crippen LogP) is 5.89. The Morgan fingerprint density at radius 2 is 1.50 bits per heavy atom. The zero-order valence-electron chi connectivity index (χ0n) is 17.7. The molecule has 0 unspecified atom stereocenters. The van der Waals surface area contributed by atoms with Crippen molar-refractivity contribution in [1.82, 2.24) is 0 Å². The third-order valence-corrected chi connectivity index (χ3v) is 4.31. The Morgan fingerprint density at radius 1 is 0.867 bits per heavy atom. The Kier molecular flexibility index (Phi) is 10.8. The van der Waals surface area contributed by atoms with Crippen molar-refractivity contribution >= 4 is 17.9 Å². The van der Waals surface area contributed by atoms with Crippen molar-refractivity contribution in [3.8, 4) is 11.5 Å². The summed E-state index contributed by atoms with van der Waals surface area (Å²) in [6.45, 7) is 7.11. The molecule has 2 aromatic rings. The van der Waals surface area contributed by atoms with E-state index in [1.54, 1.807) is 0 Å². The van der Waals surface area contributed by atoms with Gasteiger partial charge in [-0.05, 0) is 60.5 Å². The fourth-order valence-electron chi connectivity index (χ4n) is 2.63. The first-order chi connectivity index (χ1) is 14.7. The summed E-state index contributed by atoms with van der Waals surface area (Å²) in [6, 6.07) is 15.5. The predicted molar refractivity (Wildman–Crippen MR) is 121 cm³/mol. The first-order valence-electron chi connectivity index (χ1n) is 10.5. The van der Waals surface area contributed by atoms with E-state index in [9.17, 15) is 4.79 Å². The highest BCUT2D eigenvalue weighted by Gasteiger charge is 1.98. The zero-order valence-corrected chi connectivity index (χ0v) is 17.7. The summed E-state index contributed by atoms with van der Waals surface area (Å²) >= 11 is 0. The summed E-state index contributed by atoms with van der Waals surface area (Å²) in [6.07, 6.45) is 8.40. The van der Waals surface area contributed by atoms with E-state index >= 15 is 0 Å². The molecule has 0 aliphatic rings. The van der Waals surface area contributed by atoms with Crippen LogP contribution in [-0.2, 0) is 9.53 Å². The first-order valence-corrected chi connectivity index (χ1v) is 10.5. The van der Waals surface area contributed by atoms with Crippen molar-refractivity contribution in [1.29, 1.82) is 0 Å². The van der Waals surface area contributed by atoms with E-state index in [1.807, 2.05) is 54.7 Å². The van der Waals surface area contributed by atoms with Gasteiger partial charge >= 0.3 is 5.97 Å². The number of carbonyl (C=O) groups excluding carboxylic acids is 1. The smallest absolute Gasteiger partial charge is 0.330 e. The molecule has 2 rings (SSSR count). The molecule has 0 heterocycles. The SMILES string of the molecule is C=CC(=O)OCCCOc1ccc(C=Nc2ccc(OCCCCCC)cc2)cc1. The molecule has 0 aromatic heterocycles. The molecule has 0 radical (unpaired) electrons. The molecule has 0 atom stereocenters. The summed E-state index contributed by atoms with van der Waals surface area (Å²) in [5.41, 5.74) is 1.86. The van der Waals surface area contributed by atoms with Gasteiger partial charge in [0.05, 0.1) is 25.5 Å². The maximum atomic E-state index is 10.9. The van der Waals surface area contributed by atoms with Crippen LogP contribution >= 0.6 is 0 Å². The largest absolute Gasteiger partial charge is 0.494 e. The number of hydrogen-bond donors (Lipinski definition) is 0. The molecule has 0 aliphatic carbocycles. The van der Waals surface area contributed by atoms with Gasteiger partial charge in [0, 0.05) is 18.7 Å². The highest BCUT2D eigenvalue weighted by Crippen LogP contribution is 2.19. The van der Waals surface area contributed by atoms with Crippen molar-refractivity contribution in [2.75, 3.05) is 19.8 Å². The van der Waals surface area contributed by atoms with Gasteiger partial charge in [-0.1, -0.05) is 32.8 Å². The number of carbonyl (C=O) groups is 1. The number of ether oxygens (including phenoxy) is 3. The Morgan fingerprint density at radius 3 is 2.13 bits per heavy atom. The second-order valence-corrected chi connectivity index (χ2v) is 6.80. The van der Waals surface area contributed by atoms with E-state index in [4.69, 9.17) is 14.2 Å². The molecule has 0 aliphatic heterocycles. The first kappa shape index (κ1) is 23.2. The normalized spacial score (nSPS) is 10.7. The van der Waals surface area contributed by atoms with E-state index in [0.29, 0.717) is 19.6 Å². The number of nitrogens with zero attached hydrogens (tertiary/aromatic N) is 1. The second-order valence-electron chi connectivity index (χ2n) is 6.80. The Balaban J connectivity index is 1.71. The average Bonchev–Trinajstić information content (AvgIpc) is 2.78. The quantitative estimate of drug-likeness (QED) is 0.169. The lowest BCUT2D eigenvalue weighted by atomic mass is 10.2. The van der Waals surface area contributed by atoms with Crippen molar-refractivity contribution in [2.45, 2.75) is 39.0 Å². The van der Waals surface area contributed by atoms with Crippen molar-refractivity contribution in [3.05, 3.63) is 66.7 Å². The van der Waals surface area contributed by atoms with Crippen LogP contribution in [0.4, 0.5) is 5.69 Å². The second kappa shape index (κ2) is 14.0. The van der Waals surface area contributed by atoms with E-state index in [-0.39, 0.29) is 0 Å². The molecule has 0 amide bonds. The number of aliphatic imine (C=N–C) groups is 1. The topological polar surface area (TPSA) is 57.1 Å². The standard InChI is InChI=1S/C25H31NO4/c1-3-5-6-7-17-28-24-15-11-22(12-16-24)26-20-21-9-13-23(14-10-21)29-18-8-19-30-25(27)4-2/h4,9-16,20H,2-3,5-8,17-19H2,1H3. The lowest BCUT2D eigenvalue weighted by molar-refractivity contribution is -0.137. The molecule has 160 valence electrons. The monoisotopic (exact) mass is 409 g/mol. The van der Waals surface area contributed by atoms with Gasteiger partial charge in [0.1, 0.15) is 11.5 Å². The Hall–Kier alpha value is -3.08. The third-order valence-electron chi connectivity index (χ3n) is 4.31. The summed E-state index contributed by atoms with van der Waals surface area (Å²) in [5.74, 6) is 1.23. The van der Waals surface area contributed by atoms with Crippen LogP contribution in [0.5, 0.6) is 11.5 Å². The van der Waals surface area contributed by atoms with Gasteiger partial charge in [-0.25, -0.2) is 4.79 Å². The minimum Gasteiger partial charge on any atom is -0.494 e. The molecule has 0 bridgehead atoms. The maximum Gasteiger partial charge on any atom is 0.330 e. The summed E-state index contributed by atoms with van der Waals surface area (Å²) in [7, 11) is 0. The van der Waals surface area contributed by atoms with E-state index in [2.05, 4.69) is 18.5 Å². The number of hydrogen-bond acceptors (Lipinski definition) is 5. The third kappa shape index (κ3) is 9.41. The van der Waals surface area contributed by atoms with Crippen LogP contribution in [-0.4, -0.2) is 32.0 Å². The van der Waals surface area contributed by atoms with E-state index in [0.717, 1.165) is 41.9 Å². The average molecular weight is 410 g/mol. The maximum absolute atomic E-state index is 10.9. The molecule has 30 heavy (non-hydrogen) atoms. The molecule has 2 aromatic carbocycles. The minimum atomic E-state index is -0.414. The van der Waals surface area contributed by atoms with Crippen LogP contribution in [0.2, 0.25) is 0 Å². The molecule has 0 fully saturated rings. The molecule has 0 saturated heterocycles. The summed E-state index contributed by atoms with van der Waals surface area (Å²) in [4.78, 5) is 15.4. The van der Waals surface area contributed by atoms with Crippen LogP contribution in [0.1, 0.15) is 44.6 Å². The van der Waals surface area contributed by atoms with Gasteiger partial charge in [-0.15, -0.1) is 0 Å². The molecule has 0 spiro atoms. The van der Waals surface area contributed by atoms with Gasteiger partial charge < -0.3 is 14.2 Å². The zero-order chi connectivity index (χ0) is 21.4. The number of unbranched alkanes of at least 4 members (excludes halogenated alkanes) is 3.